The molecule has 0 aliphatic carbocycles. The molecule has 0 bridgehead atoms. The lowest BCUT2D eigenvalue weighted by molar-refractivity contribution is 0.0231. The molecule has 1 spiro atoms. The summed E-state index contributed by atoms with van der Waals surface area (Å²) >= 11 is 6.18. The molecule has 0 atom stereocenters. The number of nitrogens with zero attached hydrogens (tertiary/aromatic N) is 4. The van der Waals surface area contributed by atoms with Crippen molar-refractivity contribution in [2.24, 2.45) is 0 Å². The number of ketones is 1. The maximum atomic E-state index is 12.7. The number of Topliss-reactive ketones (excluding diaryl/α,β-unsaturated/α-hetero) is 1. The van der Waals surface area contributed by atoms with E-state index in [0.29, 0.717) is 28.4 Å². The van der Waals surface area contributed by atoms with Gasteiger partial charge in [-0.2, -0.15) is 0 Å². The maximum Gasteiger partial charge on any atom is 0.182 e. The van der Waals surface area contributed by atoms with Crippen LogP contribution in [-0.2, 0) is 0 Å². The van der Waals surface area contributed by atoms with Crippen LogP contribution in [0.3, 0.4) is 0 Å². The van der Waals surface area contributed by atoms with Gasteiger partial charge in [-0.25, -0.2) is 15.0 Å². The molecule has 0 amide bonds. The number of piperidine rings is 1. The largest absolute Gasteiger partial charge is 0.486 e. The van der Waals surface area contributed by atoms with E-state index in [2.05, 4.69) is 24.8 Å². The minimum absolute atomic E-state index is 0.101. The fourth-order valence-corrected chi connectivity index (χ4v) is 4.18. The Balaban J connectivity index is 1.40. The molecular weight excluding hydrogens is 366 g/mol. The van der Waals surface area contributed by atoms with Crippen molar-refractivity contribution in [2.75, 3.05) is 18.0 Å². The Bertz CT molecular complexity index is 1060. The third-order valence-corrected chi connectivity index (χ3v) is 5.95. The van der Waals surface area contributed by atoms with Crippen LogP contribution in [0.2, 0.25) is 5.02 Å². The minimum atomic E-state index is -0.457. The van der Waals surface area contributed by atoms with E-state index in [4.69, 9.17) is 16.3 Å². The van der Waals surface area contributed by atoms with Crippen LogP contribution < -0.4 is 9.64 Å². The SMILES string of the molecule is Cc1cc2c(cc1Cl)C(=O)CC1(CCN(c3ncnc4nc[nH]c34)CC1)O2. The predicted molar refractivity (Wildman–Crippen MR) is 102 cm³/mol. The Labute approximate surface area is 160 Å². The van der Waals surface area contributed by atoms with Gasteiger partial charge >= 0.3 is 0 Å². The number of fused-ring (bicyclic) bond motifs is 2. The molecule has 0 radical (unpaired) electrons. The second-order valence-corrected chi connectivity index (χ2v) is 7.68. The molecule has 1 aromatic carbocycles. The van der Waals surface area contributed by atoms with Gasteiger partial charge in [-0.15, -0.1) is 0 Å². The van der Waals surface area contributed by atoms with Crippen LogP contribution in [0.15, 0.2) is 24.8 Å². The quantitative estimate of drug-likeness (QED) is 0.694. The monoisotopic (exact) mass is 383 g/mol. The molecule has 1 saturated heterocycles. The van der Waals surface area contributed by atoms with Crippen molar-refractivity contribution in [3.63, 3.8) is 0 Å². The van der Waals surface area contributed by atoms with Crippen LogP contribution in [0.1, 0.15) is 35.2 Å². The van der Waals surface area contributed by atoms with E-state index >= 15 is 0 Å². The third-order valence-electron chi connectivity index (χ3n) is 5.55. The molecule has 138 valence electrons. The van der Waals surface area contributed by atoms with Crippen LogP contribution in [0.4, 0.5) is 5.82 Å². The second kappa shape index (κ2) is 5.92. The molecule has 5 rings (SSSR count). The van der Waals surface area contributed by atoms with E-state index in [1.807, 2.05) is 13.0 Å². The molecule has 8 heteroatoms. The van der Waals surface area contributed by atoms with Crippen molar-refractivity contribution >= 4 is 34.4 Å². The lowest BCUT2D eigenvalue weighted by atomic mass is 9.82. The molecule has 7 nitrogen and oxygen atoms in total. The lowest BCUT2D eigenvalue weighted by Crippen LogP contribution is -2.51. The summed E-state index contributed by atoms with van der Waals surface area (Å²) in [4.78, 5) is 30.8. The normalized spacial score (nSPS) is 18.6. The summed E-state index contributed by atoms with van der Waals surface area (Å²) in [5.74, 6) is 1.60. The summed E-state index contributed by atoms with van der Waals surface area (Å²) < 4.78 is 6.36. The van der Waals surface area contributed by atoms with E-state index in [0.717, 1.165) is 42.8 Å². The molecule has 2 aliphatic heterocycles. The Hall–Kier alpha value is -2.67. The molecule has 1 N–H and O–H groups in total. The summed E-state index contributed by atoms with van der Waals surface area (Å²) in [6.07, 6.45) is 5.04. The number of nitrogens with one attached hydrogen (secondary N) is 1. The molecule has 3 aromatic rings. The molecule has 1 fully saturated rings. The number of hydrogen-bond donors (Lipinski definition) is 1. The van der Waals surface area contributed by atoms with Gasteiger partial charge in [0.05, 0.1) is 18.3 Å². The molecule has 27 heavy (non-hydrogen) atoms. The zero-order valence-corrected chi connectivity index (χ0v) is 15.6. The Kier molecular flexibility index (Phi) is 3.62. The first kappa shape index (κ1) is 16.5. The number of aryl methyl sites for hydroxylation is 1. The first-order chi connectivity index (χ1) is 13.0. The van der Waals surface area contributed by atoms with E-state index in [1.165, 1.54) is 6.33 Å². The zero-order valence-electron chi connectivity index (χ0n) is 14.8. The average molecular weight is 384 g/mol. The summed E-state index contributed by atoms with van der Waals surface area (Å²) in [5, 5.41) is 0.601. The van der Waals surface area contributed by atoms with Crippen molar-refractivity contribution < 1.29 is 9.53 Å². The lowest BCUT2D eigenvalue weighted by Gasteiger charge is -2.44. The maximum absolute atomic E-state index is 12.7. The average Bonchev–Trinajstić information content (AvgIpc) is 3.13. The van der Waals surface area contributed by atoms with Crippen LogP contribution in [0, 0.1) is 6.92 Å². The van der Waals surface area contributed by atoms with Gasteiger partial charge < -0.3 is 14.6 Å². The Morgan fingerprint density at radius 1 is 1.22 bits per heavy atom. The van der Waals surface area contributed by atoms with Crippen molar-refractivity contribution in [3.05, 3.63) is 40.9 Å². The van der Waals surface area contributed by atoms with Crippen LogP contribution in [0.25, 0.3) is 11.2 Å². The van der Waals surface area contributed by atoms with E-state index < -0.39 is 5.60 Å². The highest BCUT2D eigenvalue weighted by Crippen LogP contribution is 2.41. The van der Waals surface area contributed by atoms with E-state index in [9.17, 15) is 4.79 Å². The van der Waals surface area contributed by atoms with E-state index in [-0.39, 0.29) is 5.78 Å². The van der Waals surface area contributed by atoms with Crippen molar-refractivity contribution in [1.29, 1.82) is 0 Å². The van der Waals surface area contributed by atoms with Gasteiger partial charge in [0.15, 0.2) is 17.2 Å². The number of anilines is 1. The molecule has 2 aromatic heterocycles. The number of rotatable bonds is 1. The van der Waals surface area contributed by atoms with Crippen molar-refractivity contribution in [3.8, 4) is 5.75 Å². The molecule has 0 saturated carbocycles. The van der Waals surface area contributed by atoms with Crippen molar-refractivity contribution in [1.82, 2.24) is 19.9 Å². The molecule has 2 aliphatic rings. The Morgan fingerprint density at radius 3 is 2.85 bits per heavy atom. The van der Waals surface area contributed by atoms with Crippen LogP contribution in [0.5, 0.6) is 5.75 Å². The standard InChI is InChI=1S/C19H18ClN5O2/c1-11-6-15-12(7-13(11)20)14(26)8-19(27-15)2-4-25(5-3-19)18-16-17(22-9-21-16)23-10-24-18/h6-7,9-10H,2-5,8H2,1H3,(H,21,22,23,24). The van der Waals surface area contributed by atoms with Gasteiger partial charge in [0.1, 0.15) is 23.2 Å². The minimum Gasteiger partial charge on any atom is -0.486 e. The summed E-state index contributed by atoms with van der Waals surface area (Å²) in [6.45, 7) is 3.42. The fraction of sp³-hybridized carbons (Fsp3) is 0.368. The van der Waals surface area contributed by atoms with Gasteiger partial charge in [-0.1, -0.05) is 11.6 Å². The highest BCUT2D eigenvalue weighted by atomic mass is 35.5. The molecular formula is C19H18ClN5O2. The number of hydrogen-bond acceptors (Lipinski definition) is 6. The number of carbonyl (C=O) groups is 1. The van der Waals surface area contributed by atoms with Gasteiger partial charge in [0.2, 0.25) is 0 Å². The number of carbonyl (C=O) groups excluding carboxylic acids is 1. The predicted octanol–water partition coefficient (Wildman–Crippen LogP) is 3.32. The second-order valence-electron chi connectivity index (χ2n) is 7.27. The van der Waals surface area contributed by atoms with Gasteiger partial charge in [0, 0.05) is 31.0 Å². The molecule has 4 heterocycles. The topological polar surface area (TPSA) is 84.0 Å². The number of imidazole rings is 1. The number of H-pyrrole nitrogens is 1. The van der Waals surface area contributed by atoms with Gasteiger partial charge in [-0.05, 0) is 24.6 Å². The highest BCUT2D eigenvalue weighted by molar-refractivity contribution is 6.31. The number of halogens is 1. The van der Waals surface area contributed by atoms with E-state index in [1.54, 1.807) is 12.4 Å². The van der Waals surface area contributed by atoms with Crippen LogP contribution >= 0.6 is 11.6 Å². The number of aromatic nitrogens is 4. The smallest absolute Gasteiger partial charge is 0.182 e. The first-order valence-electron chi connectivity index (χ1n) is 8.96. The highest BCUT2D eigenvalue weighted by Gasteiger charge is 2.43. The third kappa shape index (κ3) is 2.65. The number of aromatic amines is 1. The van der Waals surface area contributed by atoms with Gasteiger partial charge in [-0.3, -0.25) is 4.79 Å². The van der Waals surface area contributed by atoms with Crippen LogP contribution in [-0.4, -0.2) is 44.4 Å². The zero-order chi connectivity index (χ0) is 18.6. The molecule has 0 unspecified atom stereocenters. The van der Waals surface area contributed by atoms with Gasteiger partial charge in [0.25, 0.3) is 0 Å². The summed E-state index contributed by atoms with van der Waals surface area (Å²) in [7, 11) is 0. The summed E-state index contributed by atoms with van der Waals surface area (Å²) in [6, 6.07) is 3.60. The van der Waals surface area contributed by atoms with Crippen molar-refractivity contribution in [2.45, 2.75) is 31.8 Å². The first-order valence-corrected chi connectivity index (χ1v) is 9.34. The Morgan fingerprint density at radius 2 is 2.04 bits per heavy atom. The fourth-order valence-electron chi connectivity index (χ4n) is 4.01. The number of ether oxygens (including phenoxy) is 1. The number of benzene rings is 1. The summed E-state index contributed by atoms with van der Waals surface area (Å²) in [5.41, 5.74) is 2.55.